The van der Waals surface area contributed by atoms with Gasteiger partial charge in [-0.1, -0.05) is 12.1 Å². The highest BCUT2D eigenvalue weighted by Gasteiger charge is 2.65. The molecule has 4 amide bonds. The Morgan fingerprint density at radius 3 is 2.35 bits per heavy atom. The third kappa shape index (κ3) is 2.91. The molecule has 3 fully saturated rings. The van der Waals surface area contributed by atoms with E-state index in [-0.39, 0.29) is 30.2 Å². The molecule has 1 aliphatic heterocycles. The van der Waals surface area contributed by atoms with Crippen molar-refractivity contribution in [3.05, 3.63) is 29.8 Å². The van der Waals surface area contributed by atoms with E-state index in [0.717, 1.165) is 41.9 Å². The van der Waals surface area contributed by atoms with E-state index in [1.54, 1.807) is 7.11 Å². The van der Waals surface area contributed by atoms with E-state index in [9.17, 15) is 14.4 Å². The van der Waals surface area contributed by atoms with Crippen LogP contribution in [0.4, 0.5) is 4.79 Å². The molecule has 138 valence electrons. The summed E-state index contributed by atoms with van der Waals surface area (Å²) in [6, 6.07) is 6.92. The average molecular weight is 357 g/mol. The van der Waals surface area contributed by atoms with Crippen LogP contribution in [-0.2, 0) is 16.1 Å². The Morgan fingerprint density at radius 2 is 1.81 bits per heavy atom. The van der Waals surface area contributed by atoms with Crippen molar-refractivity contribution in [2.24, 2.45) is 11.8 Å². The van der Waals surface area contributed by atoms with Gasteiger partial charge in [0.15, 0.2) is 0 Å². The monoisotopic (exact) mass is 357 g/mol. The van der Waals surface area contributed by atoms with E-state index in [4.69, 9.17) is 4.74 Å². The number of carbonyl (C=O) groups is 3. The maximum atomic E-state index is 12.9. The highest BCUT2D eigenvalue weighted by atomic mass is 16.5. The molecule has 2 aliphatic carbocycles. The number of hydrogen-bond donors (Lipinski definition) is 2. The molecule has 2 N–H and O–H groups in total. The highest BCUT2D eigenvalue weighted by molar-refractivity contribution is 6.09. The molecule has 0 bridgehead atoms. The van der Waals surface area contributed by atoms with Crippen LogP contribution in [0.2, 0.25) is 0 Å². The summed E-state index contributed by atoms with van der Waals surface area (Å²) in [5, 5.41) is 5.69. The molecule has 7 heteroatoms. The van der Waals surface area contributed by atoms with E-state index < -0.39 is 11.6 Å². The first kappa shape index (κ1) is 16.9. The minimum atomic E-state index is -0.743. The van der Waals surface area contributed by atoms with E-state index in [0.29, 0.717) is 6.54 Å². The molecular weight excluding hydrogens is 334 g/mol. The zero-order valence-electron chi connectivity index (χ0n) is 14.8. The van der Waals surface area contributed by atoms with Crippen LogP contribution in [0.5, 0.6) is 5.75 Å². The molecule has 1 aromatic rings. The molecule has 1 saturated heterocycles. The fourth-order valence-corrected chi connectivity index (χ4v) is 3.86. The number of ether oxygens (including phenoxy) is 1. The molecule has 1 aromatic carbocycles. The Morgan fingerprint density at radius 1 is 1.19 bits per heavy atom. The van der Waals surface area contributed by atoms with Gasteiger partial charge < -0.3 is 15.4 Å². The Labute approximate surface area is 152 Å². The third-order valence-electron chi connectivity index (χ3n) is 5.55. The summed E-state index contributed by atoms with van der Waals surface area (Å²) in [6.07, 6.45) is 3.89. The SMILES string of the molecule is COc1ccc(CNC(=O)CN2C(=O)NC(C3CC3)(C3CC3)C2=O)cc1. The predicted molar refractivity (Wildman–Crippen MR) is 93.3 cm³/mol. The van der Waals surface area contributed by atoms with Crippen LogP contribution < -0.4 is 15.4 Å². The molecule has 0 aromatic heterocycles. The summed E-state index contributed by atoms with van der Waals surface area (Å²) in [6.45, 7) is 0.102. The van der Waals surface area contributed by atoms with Crippen molar-refractivity contribution >= 4 is 17.8 Å². The van der Waals surface area contributed by atoms with Gasteiger partial charge in [-0.3, -0.25) is 14.5 Å². The number of carbonyl (C=O) groups excluding carboxylic acids is 3. The van der Waals surface area contributed by atoms with Crippen LogP contribution in [0.15, 0.2) is 24.3 Å². The molecule has 0 radical (unpaired) electrons. The first-order valence-electron chi connectivity index (χ1n) is 9.08. The zero-order valence-corrected chi connectivity index (χ0v) is 14.8. The van der Waals surface area contributed by atoms with Gasteiger partial charge in [-0.05, 0) is 55.2 Å². The van der Waals surface area contributed by atoms with Crippen molar-refractivity contribution in [2.45, 2.75) is 37.8 Å². The molecule has 7 nitrogen and oxygen atoms in total. The maximum Gasteiger partial charge on any atom is 0.325 e. The summed E-state index contributed by atoms with van der Waals surface area (Å²) in [7, 11) is 1.60. The number of rotatable bonds is 7. The second kappa shape index (κ2) is 6.30. The number of hydrogen-bond acceptors (Lipinski definition) is 4. The second-order valence-corrected chi connectivity index (χ2v) is 7.36. The van der Waals surface area contributed by atoms with Crippen LogP contribution >= 0.6 is 0 Å². The van der Waals surface area contributed by atoms with Crippen molar-refractivity contribution < 1.29 is 19.1 Å². The number of nitrogens with zero attached hydrogens (tertiary/aromatic N) is 1. The van der Waals surface area contributed by atoms with Crippen LogP contribution in [0, 0.1) is 11.8 Å². The molecule has 0 unspecified atom stereocenters. The summed E-state index contributed by atoms with van der Waals surface area (Å²) in [5.74, 6) is 0.660. The molecular formula is C19H23N3O4. The number of amides is 4. The standard InChI is InChI=1S/C19H23N3O4/c1-26-15-8-2-12(3-9-15)10-20-16(23)11-22-17(24)19(13-4-5-13,14-6-7-14)21-18(22)25/h2-3,8-9,13-14H,4-7,10-11H2,1H3,(H,20,23)(H,21,25). The Kier molecular flexibility index (Phi) is 4.09. The number of benzene rings is 1. The summed E-state index contributed by atoms with van der Waals surface area (Å²) in [4.78, 5) is 38.6. The number of imide groups is 1. The quantitative estimate of drug-likeness (QED) is 0.723. The minimum absolute atomic E-state index is 0.216. The largest absolute Gasteiger partial charge is 0.497 e. The number of methoxy groups -OCH3 is 1. The average Bonchev–Trinajstić information content (AvgIpc) is 3.55. The van der Waals surface area contributed by atoms with Crippen molar-refractivity contribution in [1.29, 1.82) is 0 Å². The summed E-state index contributed by atoms with van der Waals surface area (Å²) in [5.41, 5.74) is 0.175. The maximum absolute atomic E-state index is 12.9. The lowest BCUT2D eigenvalue weighted by atomic mass is 9.87. The Balaban J connectivity index is 1.36. The van der Waals surface area contributed by atoms with Gasteiger partial charge in [-0.25, -0.2) is 4.79 Å². The van der Waals surface area contributed by atoms with Gasteiger partial charge in [0.25, 0.3) is 5.91 Å². The minimum Gasteiger partial charge on any atom is -0.497 e. The van der Waals surface area contributed by atoms with Crippen LogP contribution in [0.25, 0.3) is 0 Å². The van der Waals surface area contributed by atoms with Gasteiger partial charge >= 0.3 is 6.03 Å². The lowest BCUT2D eigenvalue weighted by molar-refractivity contribution is -0.136. The van der Waals surface area contributed by atoms with Gasteiger partial charge in [0.2, 0.25) is 5.91 Å². The van der Waals surface area contributed by atoms with Gasteiger partial charge in [-0.15, -0.1) is 0 Å². The van der Waals surface area contributed by atoms with Crippen LogP contribution in [0.3, 0.4) is 0 Å². The van der Waals surface area contributed by atoms with Crippen molar-refractivity contribution in [2.75, 3.05) is 13.7 Å². The third-order valence-corrected chi connectivity index (χ3v) is 5.55. The number of nitrogens with one attached hydrogen (secondary N) is 2. The summed E-state index contributed by atoms with van der Waals surface area (Å²) >= 11 is 0. The second-order valence-electron chi connectivity index (χ2n) is 7.36. The topological polar surface area (TPSA) is 87.7 Å². The van der Waals surface area contributed by atoms with E-state index in [1.807, 2.05) is 24.3 Å². The molecule has 26 heavy (non-hydrogen) atoms. The van der Waals surface area contributed by atoms with Crippen molar-refractivity contribution in [1.82, 2.24) is 15.5 Å². The Hall–Kier alpha value is -2.57. The molecule has 1 heterocycles. The molecule has 4 rings (SSSR count). The molecule has 2 saturated carbocycles. The first-order valence-corrected chi connectivity index (χ1v) is 9.08. The molecule has 0 atom stereocenters. The smallest absolute Gasteiger partial charge is 0.325 e. The highest BCUT2D eigenvalue weighted by Crippen LogP contribution is 2.54. The lowest BCUT2D eigenvalue weighted by Crippen LogP contribution is -2.51. The van der Waals surface area contributed by atoms with E-state index in [2.05, 4.69) is 10.6 Å². The van der Waals surface area contributed by atoms with Crippen LogP contribution in [0.1, 0.15) is 31.2 Å². The van der Waals surface area contributed by atoms with Crippen molar-refractivity contribution in [3.63, 3.8) is 0 Å². The van der Waals surface area contributed by atoms with Gasteiger partial charge in [0, 0.05) is 6.54 Å². The fraction of sp³-hybridized carbons (Fsp3) is 0.526. The number of urea groups is 1. The lowest BCUT2D eigenvalue weighted by Gasteiger charge is -2.26. The first-order chi connectivity index (χ1) is 12.5. The van der Waals surface area contributed by atoms with Crippen molar-refractivity contribution in [3.8, 4) is 5.75 Å². The van der Waals surface area contributed by atoms with E-state index >= 15 is 0 Å². The van der Waals surface area contributed by atoms with Gasteiger partial charge in [0.05, 0.1) is 7.11 Å². The molecule has 0 spiro atoms. The fourth-order valence-electron chi connectivity index (χ4n) is 3.86. The van der Waals surface area contributed by atoms with Gasteiger partial charge in [-0.2, -0.15) is 0 Å². The van der Waals surface area contributed by atoms with Crippen LogP contribution in [-0.4, -0.2) is 41.9 Å². The van der Waals surface area contributed by atoms with Gasteiger partial charge in [0.1, 0.15) is 17.8 Å². The normalized spacial score (nSPS) is 21.5. The summed E-state index contributed by atoms with van der Waals surface area (Å²) < 4.78 is 5.10. The predicted octanol–water partition coefficient (Wildman–Crippen LogP) is 1.42. The zero-order chi connectivity index (χ0) is 18.3. The molecule has 3 aliphatic rings. The van der Waals surface area contributed by atoms with E-state index in [1.165, 1.54) is 0 Å². The Bertz CT molecular complexity index is 726.